The molecule has 0 atom stereocenters. The summed E-state index contributed by atoms with van der Waals surface area (Å²) in [5.74, 6) is 0. The third-order valence-corrected chi connectivity index (χ3v) is 0. The molecule has 3 nitrogen and oxygen atoms in total. The molecule has 0 fully saturated rings. The predicted molar refractivity (Wildman–Crippen MR) is 5.40 cm³/mol. The van der Waals surface area contributed by atoms with E-state index in [2.05, 4.69) is 0 Å². The zero-order valence-electron chi connectivity index (χ0n) is 2.36. The van der Waals surface area contributed by atoms with Crippen molar-refractivity contribution in [1.82, 2.24) is 0 Å². The van der Waals surface area contributed by atoms with Gasteiger partial charge in [-0.1, -0.05) is 0 Å². The number of carboxylic acid groups (broad SMARTS) is 2. The van der Waals surface area contributed by atoms with Crippen LogP contribution in [0.1, 0.15) is 0 Å². The molecular weight excluding hydrogens is 273 g/mol. The molecule has 0 aromatic carbocycles. The minimum absolute atomic E-state index is 0. The quantitative estimate of drug-likeness (QED) is 0.460. The van der Waals surface area contributed by atoms with Gasteiger partial charge < -0.3 is 15.0 Å². The number of rotatable bonds is 0. The Morgan fingerprint density at radius 1 is 1.33 bits per heavy atom. The molecule has 0 bridgehead atoms. The van der Waals surface area contributed by atoms with Gasteiger partial charge in [-0.2, -0.15) is 0 Å². The number of hydrogen-bond donors (Lipinski definition) is 0. The molecule has 0 aromatic rings. The maximum atomic E-state index is 8.33. The van der Waals surface area contributed by atoms with Crippen LogP contribution >= 0.6 is 0 Å². The van der Waals surface area contributed by atoms with Gasteiger partial charge in [-0.05, 0) is 6.16 Å². The summed E-state index contributed by atoms with van der Waals surface area (Å²) in [6, 6.07) is 0. The monoisotopic (exact) mass is 272 g/mol. The van der Waals surface area contributed by atoms with Crippen LogP contribution in [0.4, 0.5) is 4.79 Å². The minimum Gasteiger partial charge on any atom is -0.652 e. The predicted octanol–water partition coefficient (Wildman–Crippen LogP) is -2.45. The molecule has 0 aromatic heterocycles. The zero-order valence-corrected chi connectivity index (χ0v) is 5.47. The fourth-order valence-corrected chi connectivity index (χ4v) is 0. The van der Waals surface area contributed by atoms with E-state index in [0.717, 1.165) is 0 Å². The standard InChI is InChI=1S/CH2O3.2Pd/c2-1(3)4;;/h(H2,2,3,4);;/q;;+2/p-2. The van der Waals surface area contributed by atoms with E-state index in [-0.39, 0.29) is 40.8 Å². The van der Waals surface area contributed by atoms with Crippen molar-refractivity contribution in [3.63, 3.8) is 0 Å². The van der Waals surface area contributed by atoms with Crippen LogP contribution in [-0.4, -0.2) is 6.16 Å². The maximum Gasteiger partial charge on any atom is 2.00 e. The van der Waals surface area contributed by atoms with E-state index in [0.29, 0.717) is 0 Å². The number of carbonyl (C=O) groups is 1. The number of carbonyl (C=O) groups excluding carboxylic acids is 1. The molecule has 0 radical (unpaired) electrons. The first-order valence-corrected chi connectivity index (χ1v) is 0.612. The molecule has 0 aliphatic carbocycles. The van der Waals surface area contributed by atoms with Crippen LogP contribution in [0.25, 0.3) is 0 Å². The van der Waals surface area contributed by atoms with Crippen LogP contribution in [0, 0.1) is 0 Å². The van der Waals surface area contributed by atoms with Gasteiger partial charge in [0.1, 0.15) is 0 Å². The molecule has 0 unspecified atom stereocenters. The first-order chi connectivity index (χ1) is 1.73. The van der Waals surface area contributed by atoms with Crippen molar-refractivity contribution in [1.29, 1.82) is 0 Å². The van der Waals surface area contributed by atoms with Gasteiger partial charge in [-0.15, -0.1) is 0 Å². The van der Waals surface area contributed by atoms with Gasteiger partial charge in [0.2, 0.25) is 0 Å². The smallest absolute Gasteiger partial charge is 0.652 e. The van der Waals surface area contributed by atoms with Gasteiger partial charge in [0, 0.05) is 20.4 Å². The van der Waals surface area contributed by atoms with Gasteiger partial charge in [0.15, 0.2) is 0 Å². The molecule has 0 heterocycles. The second kappa shape index (κ2) is 9.14. The summed E-state index contributed by atoms with van der Waals surface area (Å²) in [5, 5.41) is 16.7. The number of hydrogen-bond acceptors (Lipinski definition) is 3. The molecule has 0 aliphatic heterocycles. The molecule has 0 rings (SSSR count). The third-order valence-electron chi connectivity index (χ3n) is 0. The third kappa shape index (κ3) is 168. The van der Waals surface area contributed by atoms with Crippen LogP contribution in [0.3, 0.4) is 0 Å². The van der Waals surface area contributed by atoms with Crippen LogP contribution < -0.4 is 10.2 Å². The fourth-order valence-electron chi connectivity index (χ4n) is 0. The summed E-state index contributed by atoms with van der Waals surface area (Å²) in [5.41, 5.74) is 0. The van der Waals surface area contributed by atoms with Gasteiger partial charge in [-0.3, -0.25) is 0 Å². The summed E-state index contributed by atoms with van der Waals surface area (Å²) < 4.78 is 0. The first kappa shape index (κ1) is 16.0. The van der Waals surface area contributed by atoms with E-state index in [1.165, 1.54) is 0 Å². The van der Waals surface area contributed by atoms with Gasteiger partial charge in [0.25, 0.3) is 0 Å². The summed E-state index contributed by atoms with van der Waals surface area (Å²) in [7, 11) is 0. The van der Waals surface area contributed by atoms with Gasteiger partial charge in [-0.25, -0.2) is 0 Å². The Morgan fingerprint density at radius 2 is 1.33 bits per heavy atom. The molecule has 5 heteroatoms. The Kier molecular flexibility index (Phi) is 24.3. The van der Waals surface area contributed by atoms with Crippen molar-refractivity contribution in [3.8, 4) is 0 Å². The molecule has 42 valence electrons. The SMILES string of the molecule is O=C([O-])[O-].[Pd+2].[Pd]. The van der Waals surface area contributed by atoms with E-state index in [1.807, 2.05) is 0 Å². The van der Waals surface area contributed by atoms with Crippen molar-refractivity contribution in [3.05, 3.63) is 0 Å². The molecule has 0 spiro atoms. The second-order valence-electron chi connectivity index (χ2n) is 0.250. The van der Waals surface area contributed by atoms with Gasteiger partial charge in [0.05, 0.1) is 0 Å². The molecule has 0 saturated carbocycles. The van der Waals surface area contributed by atoms with Crippen LogP contribution in [0.15, 0.2) is 0 Å². The Morgan fingerprint density at radius 3 is 1.33 bits per heavy atom. The largest absolute Gasteiger partial charge is 2.00 e. The van der Waals surface area contributed by atoms with Crippen LogP contribution in [0.5, 0.6) is 0 Å². The topological polar surface area (TPSA) is 63.2 Å². The van der Waals surface area contributed by atoms with E-state index < -0.39 is 6.16 Å². The van der Waals surface area contributed by atoms with Gasteiger partial charge >= 0.3 is 20.4 Å². The summed E-state index contributed by atoms with van der Waals surface area (Å²) in [4.78, 5) is 8.33. The van der Waals surface area contributed by atoms with Crippen molar-refractivity contribution in [2.75, 3.05) is 0 Å². The molecular formula is CO3Pd2. The van der Waals surface area contributed by atoms with E-state index in [9.17, 15) is 0 Å². The fraction of sp³-hybridized carbons (Fsp3) is 0. The normalized spacial score (nSPS) is 4.00. The maximum absolute atomic E-state index is 8.33. The minimum atomic E-state index is -2.33. The van der Waals surface area contributed by atoms with Crippen molar-refractivity contribution in [2.24, 2.45) is 0 Å². The van der Waals surface area contributed by atoms with E-state index in [1.54, 1.807) is 0 Å². The Hall–Kier alpha value is 0.595. The second-order valence-corrected chi connectivity index (χ2v) is 0.250. The Bertz CT molecular complexity index is 31.8. The Balaban J connectivity index is -0.0000000450. The van der Waals surface area contributed by atoms with Crippen LogP contribution in [0.2, 0.25) is 0 Å². The molecule has 6 heavy (non-hydrogen) atoms. The molecule has 0 saturated heterocycles. The van der Waals surface area contributed by atoms with E-state index >= 15 is 0 Å². The van der Waals surface area contributed by atoms with E-state index in [4.69, 9.17) is 15.0 Å². The first-order valence-electron chi connectivity index (χ1n) is 0.612. The van der Waals surface area contributed by atoms with Crippen molar-refractivity contribution >= 4 is 6.16 Å². The molecule has 0 amide bonds. The van der Waals surface area contributed by atoms with Crippen molar-refractivity contribution < 1.29 is 55.9 Å². The average molecular weight is 273 g/mol. The average Bonchev–Trinajstić information content (AvgIpc) is 0.811. The molecule has 0 aliphatic rings. The zero-order chi connectivity index (χ0) is 3.58. The molecule has 0 N–H and O–H groups in total. The van der Waals surface area contributed by atoms with Crippen LogP contribution in [-0.2, 0) is 40.8 Å². The summed E-state index contributed by atoms with van der Waals surface area (Å²) in [6.45, 7) is 0. The van der Waals surface area contributed by atoms with Crippen molar-refractivity contribution in [2.45, 2.75) is 0 Å². The summed E-state index contributed by atoms with van der Waals surface area (Å²) >= 11 is 0. The summed E-state index contributed by atoms with van der Waals surface area (Å²) in [6.07, 6.45) is -2.33. The Labute approximate surface area is 62.0 Å².